The highest BCUT2D eigenvalue weighted by molar-refractivity contribution is 5.42. The van der Waals surface area contributed by atoms with Crippen molar-refractivity contribution in [2.24, 2.45) is 0 Å². The lowest BCUT2D eigenvalue weighted by Gasteiger charge is -2.34. The normalized spacial score (nSPS) is 14.1. The summed E-state index contributed by atoms with van der Waals surface area (Å²) in [5.41, 5.74) is 1.95. The van der Waals surface area contributed by atoms with E-state index in [1.807, 2.05) is 48.5 Å². The van der Waals surface area contributed by atoms with Gasteiger partial charge >= 0.3 is 0 Å². The molecule has 0 bridgehead atoms. The van der Waals surface area contributed by atoms with E-state index in [1.165, 1.54) is 11.1 Å². The summed E-state index contributed by atoms with van der Waals surface area (Å²) in [4.78, 5) is 7.11. The molecule has 2 aromatic carbocycles. The number of benzene rings is 2. The minimum Gasteiger partial charge on any atom is -0.381 e. The molecule has 4 heteroatoms. The number of hydrogen-bond acceptors (Lipinski definition) is 3. The second-order valence-corrected chi connectivity index (χ2v) is 9.80. The Kier molecular flexibility index (Phi) is 5.46. The summed E-state index contributed by atoms with van der Waals surface area (Å²) in [5, 5.41) is 23.0. The molecular formula is C25H32N2O2. The average molecular weight is 393 g/mol. The molecule has 4 nitrogen and oxygen atoms in total. The molecule has 0 aliphatic heterocycles. The van der Waals surface area contributed by atoms with Crippen molar-refractivity contribution in [3.8, 4) is 0 Å². The molecule has 1 atom stereocenters. The van der Waals surface area contributed by atoms with Gasteiger partial charge in [0.05, 0.1) is 0 Å². The Hall–Kier alpha value is -2.43. The van der Waals surface area contributed by atoms with E-state index < -0.39 is 11.7 Å². The fraction of sp³-hybridized carbons (Fsp3) is 0.400. The lowest BCUT2D eigenvalue weighted by molar-refractivity contribution is -0.0557. The van der Waals surface area contributed by atoms with Crippen LogP contribution in [0.1, 0.15) is 75.7 Å². The maximum atomic E-state index is 11.9. The lowest BCUT2D eigenvalue weighted by atomic mass is 9.78. The second-order valence-electron chi connectivity index (χ2n) is 9.80. The number of hydrogen-bond donors (Lipinski definition) is 3. The molecule has 1 aromatic heterocycles. The van der Waals surface area contributed by atoms with E-state index >= 15 is 0 Å². The third-order valence-corrected chi connectivity index (χ3v) is 5.56. The van der Waals surface area contributed by atoms with Gasteiger partial charge in [0.15, 0.2) is 0 Å². The third-order valence-electron chi connectivity index (χ3n) is 5.56. The first-order valence-corrected chi connectivity index (χ1v) is 10.1. The lowest BCUT2D eigenvalue weighted by Crippen LogP contribution is -2.36. The zero-order valence-corrected chi connectivity index (χ0v) is 18.2. The van der Waals surface area contributed by atoms with Gasteiger partial charge in [0.1, 0.15) is 17.5 Å². The van der Waals surface area contributed by atoms with Crippen LogP contribution in [0.4, 0.5) is 0 Å². The van der Waals surface area contributed by atoms with Gasteiger partial charge in [-0.2, -0.15) is 0 Å². The zero-order valence-electron chi connectivity index (χ0n) is 18.2. The van der Waals surface area contributed by atoms with Crippen molar-refractivity contribution < 1.29 is 10.2 Å². The van der Waals surface area contributed by atoms with Gasteiger partial charge in [0.25, 0.3) is 0 Å². The number of H-pyrrole nitrogens is 1. The van der Waals surface area contributed by atoms with Gasteiger partial charge in [-0.15, -0.1) is 0 Å². The Labute approximate surface area is 173 Å². The molecule has 3 aromatic rings. The SMILES string of the molecule is CC(C)(C)c1ccc(C(O)(c2ccc(C(C)(C)C)cc2)C(O)c2ncc[nH]2)cc1. The Morgan fingerprint density at radius 3 is 1.41 bits per heavy atom. The molecule has 0 aliphatic carbocycles. The van der Waals surface area contributed by atoms with Crippen molar-refractivity contribution in [2.75, 3.05) is 0 Å². The first kappa shape index (κ1) is 21.3. The van der Waals surface area contributed by atoms with Gasteiger partial charge in [-0.25, -0.2) is 4.98 Å². The van der Waals surface area contributed by atoms with Gasteiger partial charge in [0.2, 0.25) is 0 Å². The van der Waals surface area contributed by atoms with Crippen LogP contribution in [0, 0.1) is 0 Å². The predicted octanol–water partition coefficient (Wildman–Crippen LogP) is 4.97. The Morgan fingerprint density at radius 2 is 1.10 bits per heavy atom. The van der Waals surface area contributed by atoms with Gasteiger partial charge in [0, 0.05) is 12.4 Å². The molecule has 0 saturated carbocycles. The number of aliphatic hydroxyl groups excluding tert-OH is 1. The molecule has 3 rings (SSSR count). The number of imidazole rings is 1. The van der Waals surface area contributed by atoms with Crippen molar-refractivity contribution in [3.63, 3.8) is 0 Å². The summed E-state index contributed by atoms with van der Waals surface area (Å²) in [7, 11) is 0. The van der Waals surface area contributed by atoms with Crippen molar-refractivity contribution >= 4 is 0 Å². The minimum atomic E-state index is -1.63. The van der Waals surface area contributed by atoms with E-state index in [0.29, 0.717) is 17.0 Å². The largest absolute Gasteiger partial charge is 0.381 e. The fourth-order valence-corrected chi connectivity index (χ4v) is 3.56. The first-order chi connectivity index (χ1) is 13.4. The second kappa shape index (κ2) is 7.43. The van der Waals surface area contributed by atoms with Crippen molar-refractivity contribution in [1.82, 2.24) is 9.97 Å². The van der Waals surface area contributed by atoms with Crippen LogP contribution in [-0.4, -0.2) is 20.2 Å². The molecule has 1 unspecified atom stereocenters. The molecule has 3 N–H and O–H groups in total. The quantitative estimate of drug-likeness (QED) is 0.587. The summed E-state index contributed by atoms with van der Waals surface area (Å²) in [6.45, 7) is 12.9. The molecule has 0 fully saturated rings. The predicted molar refractivity (Wildman–Crippen MR) is 117 cm³/mol. The molecular weight excluding hydrogens is 360 g/mol. The maximum Gasteiger partial charge on any atom is 0.148 e. The van der Waals surface area contributed by atoms with Crippen LogP contribution in [0.3, 0.4) is 0 Å². The number of aromatic nitrogens is 2. The molecule has 154 valence electrons. The molecule has 0 radical (unpaired) electrons. The molecule has 29 heavy (non-hydrogen) atoms. The van der Waals surface area contributed by atoms with E-state index in [-0.39, 0.29) is 10.8 Å². The standard InChI is InChI=1S/C25H32N2O2/c1-23(2,3)17-7-11-19(12-8-17)25(29,21(28)22-26-15-16-27-22)20-13-9-18(10-14-20)24(4,5)6/h7-16,21,28-29H,1-6H3,(H,26,27). The average Bonchev–Trinajstić information content (AvgIpc) is 3.20. The highest BCUT2D eigenvalue weighted by atomic mass is 16.3. The fourth-order valence-electron chi connectivity index (χ4n) is 3.56. The summed E-state index contributed by atoms with van der Waals surface area (Å²) >= 11 is 0. The van der Waals surface area contributed by atoms with Gasteiger partial charge in [-0.3, -0.25) is 0 Å². The molecule has 1 heterocycles. The number of nitrogens with one attached hydrogen (secondary N) is 1. The Bertz CT molecular complexity index is 871. The zero-order chi connectivity index (χ0) is 21.4. The van der Waals surface area contributed by atoms with E-state index in [2.05, 4.69) is 51.5 Å². The van der Waals surface area contributed by atoms with E-state index in [9.17, 15) is 10.2 Å². The summed E-state index contributed by atoms with van der Waals surface area (Å²) in [6, 6.07) is 15.6. The van der Waals surface area contributed by atoms with Crippen LogP contribution >= 0.6 is 0 Å². The van der Waals surface area contributed by atoms with Gasteiger partial charge < -0.3 is 15.2 Å². The molecule has 0 saturated heterocycles. The minimum absolute atomic E-state index is 0.00459. The monoisotopic (exact) mass is 392 g/mol. The summed E-state index contributed by atoms with van der Waals surface area (Å²) < 4.78 is 0. The molecule has 0 amide bonds. The number of nitrogens with zero attached hydrogens (tertiary/aromatic N) is 1. The topological polar surface area (TPSA) is 69.1 Å². The van der Waals surface area contributed by atoms with Crippen molar-refractivity contribution in [2.45, 2.75) is 64.1 Å². The van der Waals surface area contributed by atoms with Crippen LogP contribution in [0.2, 0.25) is 0 Å². The Morgan fingerprint density at radius 1 is 0.724 bits per heavy atom. The van der Waals surface area contributed by atoms with Crippen molar-refractivity contribution in [3.05, 3.63) is 89.0 Å². The van der Waals surface area contributed by atoms with Crippen molar-refractivity contribution in [1.29, 1.82) is 0 Å². The van der Waals surface area contributed by atoms with Crippen LogP contribution in [0.25, 0.3) is 0 Å². The molecule has 0 spiro atoms. The van der Waals surface area contributed by atoms with E-state index in [0.717, 1.165) is 0 Å². The maximum absolute atomic E-state index is 11.9. The van der Waals surface area contributed by atoms with E-state index in [4.69, 9.17) is 0 Å². The third kappa shape index (κ3) is 4.14. The first-order valence-electron chi connectivity index (χ1n) is 10.1. The highest BCUT2D eigenvalue weighted by Crippen LogP contribution is 2.41. The highest BCUT2D eigenvalue weighted by Gasteiger charge is 2.42. The van der Waals surface area contributed by atoms with Gasteiger partial charge in [-0.05, 0) is 33.1 Å². The number of aromatic amines is 1. The Balaban J connectivity index is 2.12. The smallest absolute Gasteiger partial charge is 0.148 e. The van der Waals surface area contributed by atoms with Crippen LogP contribution in [0.5, 0.6) is 0 Å². The van der Waals surface area contributed by atoms with E-state index in [1.54, 1.807) is 12.4 Å². The van der Waals surface area contributed by atoms with Crippen LogP contribution in [0.15, 0.2) is 60.9 Å². The van der Waals surface area contributed by atoms with Crippen LogP contribution in [-0.2, 0) is 16.4 Å². The van der Waals surface area contributed by atoms with Crippen LogP contribution < -0.4 is 0 Å². The summed E-state index contributed by atoms with van der Waals surface area (Å²) in [5.74, 6) is 0.326. The molecule has 0 aliphatic rings. The van der Waals surface area contributed by atoms with Gasteiger partial charge in [-0.1, -0.05) is 90.1 Å². The summed E-state index contributed by atoms with van der Waals surface area (Å²) in [6.07, 6.45) is 1.98. The number of rotatable bonds is 4. The number of aliphatic hydroxyl groups is 2.